The van der Waals surface area contributed by atoms with E-state index in [0.29, 0.717) is 24.3 Å². The molecule has 1 N–H and O–H groups in total. The zero-order valence-electron chi connectivity index (χ0n) is 21.7. The zero-order chi connectivity index (χ0) is 27.0. The van der Waals surface area contributed by atoms with E-state index < -0.39 is 34.3 Å². The highest BCUT2D eigenvalue weighted by molar-refractivity contribution is 7.92. The lowest BCUT2D eigenvalue weighted by Gasteiger charge is -2.33. The molecule has 0 aliphatic carbocycles. The number of methoxy groups -OCH3 is 1. The third-order valence-electron chi connectivity index (χ3n) is 5.62. The molecule has 0 bridgehead atoms. The van der Waals surface area contributed by atoms with Gasteiger partial charge >= 0.3 is 0 Å². The van der Waals surface area contributed by atoms with Crippen molar-refractivity contribution in [3.05, 3.63) is 59.4 Å². The Balaban J connectivity index is 2.48. The Morgan fingerprint density at radius 3 is 2.28 bits per heavy atom. The Morgan fingerprint density at radius 2 is 1.75 bits per heavy atom. The molecule has 0 heterocycles. The van der Waals surface area contributed by atoms with Gasteiger partial charge in [0.2, 0.25) is 21.8 Å². The van der Waals surface area contributed by atoms with E-state index in [1.807, 2.05) is 13.8 Å². The molecular weight excluding hydrogens is 485 g/mol. The van der Waals surface area contributed by atoms with E-state index in [9.17, 15) is 22.4 Å². The largest absolute Gasteiger partial charge is 0.495 e. The number of halogens is 1. The van der Waals surface area contributed by atoms with Gasteiger partial charge in [0.25, 0.3) is 0 Å². The van der Waals surface area contributed by atoms with Crippen molar-refractivity contribution in [3.8, 4) is 5.75 Å². The number of nitrogens with zero attached hydrogens (tertiary/aromatic N) is 2. The van der Waals surface area contributed by atoms with Crippen LogP contribution in [0, 0.1) is 18.7 Å². The summed E-state index contributed by atoms with van der Waals surface area (Å²) in [5.74, 6) is -0.818. The van der Waals surface area contributed by atoms with Gasteiger partial charge in [-0.05, 0) is 54.7 Å². The minimum atomic E-state index is -3.89. The fourth-order valence-electron chi connectivity index (χ4n) is 3.72. The van der Waals surface area contributed by atoms with Crippen LogP contribution >= 0.6 is 0 Å². The summed E-state index contributed by atoms with van der Waals surface area (Å²) in [6.45, 7) is 7.41. The van der Waals surface area contributed by atoms with E-state index in [4.69, 9.17) is 4.74 Å². The third kappa shape index (κ3) is 7.94. The molecule has 2 amide bonds. The van der Waals surface area contributed by atoms with Crippen LogP contribution < -0.4 is 14.4 Å². The van der Waals surface area contributed by atoms with E-state index >= 15 is 0 Å². The summed E-state index contributed by atoms with van der Waals surface area (Å²) in [5, 5.41) is 2.86. The highest BCUT2D eigenvalue weighted by Crippen LogP contribution is 2.31. The van der Waals surface area contributed by atoms with Crippen LogP contribution in [0.2, 0.25) is 0 Å². The first-order valence-electron chi connectivity index (χ1n) is 11.8. The minimum absolute atomic E-state index is 0.00920. The predicted molar refractivity (Wildman–Crippen MR) is 139 cm³/mol. The van der Waals surface area contributed by atoms with Crippen molar-refractivity contribution in [1.82, 2.24) is 10.2 Å². The summed E-state index contributed by atoms with van der Waals surface area (Å²) in [7, 11) is -2.47. The number of benzene rings is 2. The molecule has 0 saturated carbocycles. The highest BCUT2D eigenvalue weighted by atomic mass is 32.2. The fraction of sp³-hybridized carbons (Fsp3) is 0.462. The number of carbonyl (C=O) groups is 2. The quantitative estimate of drug-likeness (QED) is 0.461. The average molecular weight is 522 g/mol. The number of aryl methyl sites for hydroxylation is 1. The normalized spacial score (nSPS) is 12.2. The number of hydrogen-bond acceptors (Lipinski definition) is 5. The molecule has 10 heteroatoms. The van der Waals surface area contributed by atoms with Gasteiger partial charge in [0, 0.05) is 13.1 Å². The SMILES string of the molecule is CCC(C(=O)NCC(C)C)N(Cc1ccc(F)cc1)C(=O)CN(c1cc(C)ccc1OC)S(C)(=O)=O. The predicted octanol–water partition coefficient (Wildman–Crippen LogP) is 3.49. The second kappa shape index (κ2) is 12.7. The number of nitrogens with one attached hydrogen (secondary N) is 1. The van der Waals surface area contributed by atoms with Crippen molar-refractivity contribution in [2.75, 3.05) is 30.8 Å². The van der Waals surface area contributed by atoms with Crippen LogP contribution in [0.15, 0.2) is 42.5 Å². The molecular formula is C26H36FN3O5S. The summed E-state index contributed by atoms with van der Waals surface area (Å²) < 4.78 is 45.4. The smallest absolute Gasteiger partial charge is 0.244 e. The fourth-order valence-corrected chi connectivity index (χ4v) is 4.56. The Labute approximate surface area is 213 Å². The van der Waals surface area contributed by atoms with Crippen LogP contribution in [-0.2, 0) is 26.2 Å². The van der Waals surface area contributed by atoms with Crippen LogP contribution in [0.25, 0.3) is 0 Å². The van der Waals surface area contributed by atoms with Gasteiger partial charge in [0.05, 0.1) is 19.1 Å². The van der Waals surface area contributed by atoms with E-state index in [2.05, 4.69) is 5.32 Å². The molecule has 0 spiro atoms. The number of hydrogen-bond donors (Lipinski definition) is 1. The van der Waals surface area contributed by atoms with E-state index in [1.165, 1.54) is 36.3 Å². The van der Waals surface area contributed by atoms with Gasteiger partial charge in [-0.25, -0.2) is 12.8 Å². The van der Waals surface area contributed by atoms with Gasteiger partial charge in [-0.1, -0.05) is 39.0 Å². The Morgan fingerprint density at radius 1 is 1.11 bits per heavy atom. The third-order valence-corrected chi connectivity index (χ3v) is 6.75. The number of rotatable bonds is 12. The van der Waals surface area contributed by atoms with Crippen molar-refractivity contribution in [3.63, 3.8) is 0 Å². The second-order valence-corrected chi connectivity index (χ2v) is 11.1. The topological polar surface area (TPSA) is 96.0 Å². The molecule has 8 nitrogen and oxygen atoms in total. The molecule has 2 rings (SSSR count). The van der Waals surface area contributed by atoms with Gasteiger partial charge < -0.3 is 15.0 Å². The maximum absolute atomic E-state index is 13.7. The van der Waals surface area contributed by atoms with Gasteiger partial charge in [0.15, 0.2) is 0 Å². The van der Waals surface area contributed by atoms with Crippen molar-refractivity contribution < 1.29 is 27.1 Å². The Hall–Kier alpha value is -3.14. The van der Waals surface area contributed by atoms with E-state index in [-0.39, 0.29) is 24.1 Å². The maximum Gasteiger partial charge on any atom is 0.244 e. The minimum Gasteiger partial charge on any atom is -0.495 e. The molecule has 0 radical (unpaired) electrons. The van der Waals surface area contributed by atoms with E-state index in [1.54, 1.807) is 32.0 Å². The lowest BCUT2D eigenvalue weighted by Crippen LogP contribution is -2.52. The Bertz CT molecular complexity index is 1150. The molecule has 0 saturated heterocycles. The molecule has 2 aromatic rings. The molecule has 0 aliphatic heterocycles. The van der Waals surface area contributed by atoms with E-state index in [0.717, 1.165) is 16.1 Å². The van der Waals surface area contributed by atoms with Crippen LogP contribution in [0.4, 0.5) is 10.1 Å². The second-order valence-electron chi connectivity index (χ2n) is 9.16. The molecule has 1 atom stereocenters. The summed E-state index contributed by atoms with van der Waals surface area (Å²) >= 11 is 0. The van der Waals surface area contributed by atoms with Gasteiger partial charge in [-0.2, -0.15) is 0 Å². The zero-order valence-corrected chi connectivity index (χ0v) is 22.6. The van der Waals surface area contributed by atoms with Crippen LogP contribution in [-0.4, -0.2) is 57.6 Å². The van der Waals surface area contributed by atoms with Crippen molar-refractivity contribution in [2.24, 2.45) is 5.92 Å². The van der Waals surface area contributed by atoms with Gasteiger partial charge in [-0.3, -0.25) is 13.9 Å². The number of sulfonamides is 1. The monoisotopic (exact) mass is 521 g/mol. The summed E-state index contributed by atoms with van der Waals surface area (Å²) in [6.07, 6.45) is 1.32. The number of carbonyl (C=O) groups excluding carboxylic acids is 2. The molecule has 36 heavy (non-hydrogen) atoms. The number of amides is 2. The highest BCUT2D eigenvalue weighted by Gasteiger charge is 2.32. The lowest BCUT2D eigenvalue weighted by atomic mass is 10.1. The van der Waals surface area contributed by atoms with Gasteiger partial charge in [-0.15, -0.1) is 0 Å². The van der Waals surface area contributed by atoms with Crippen molar-refractivity contribution in [1.29, 1.82) is 0 Å². The first-order chi connectivity index (χ1) is 16.9. The molecule has 2 aromatic carbocycles. The number of anilines is 1. The van der Waals surface area contributed by atoms with Crippen LogP contribution in [0.3, 0.4) is 0 Å². The molecule has 198 valence electrons. The summed E-state index contributed by atoms with van der Waals surface area (Å²) in [4.78, 5) is 28.1. The molecule has 0 aliphatic rings. The van der Waals surface area contributed by atoms with Crippen LogP contribution in [0.1, 0.15) is 38.3 Å². The first kappa shape index (κ1) is 29.1. The standard InChI is InChI=1S/C26H36FN3O5S/c1-7-22(26(32)28-15-18(2)3)29(16-20-9-11-21(27)12-10-20)25(31)17-30(36(6,33)34)23-14-19(4)8-13-24(23)35-5/h8-14,18,22H,7,15-17H2,1-6H3,(H,28,32). The van der Waals surface area contributed by atoms with Gasteiger partial charge in [0.1, 0.15) is 24.2 Å². The summed E-state index contributed by atoms with van der Waals surface area (Å²) in [6, 6.07) is 9.82. The number of ether oxygens (including phenoxy) is 1. The van der Waals surface area contributed by atoms with Crippen molar-refractivity contribution in [2.45, 2.75) is 46.7 Å². The lowest BCUT2D eigenvalue weighted by molar-refractivity contribution is -0.140. The molecule has 1 unspecified atom stereocenters. The molecule has 0 fully saturated rings. The molecule has 0 aromatic heterocycles. The Kier molecular flexibility index (Phi) is 10.3. The summed E-state index contributed by atoms with van der Waals surface area (Å²) in [5.41, 5.74) is 1.63. The maximum atomic E-state index is 13.7. The van der Waals surface area contributed by atoms with Crippen LogP contribution in [0.5, 0.6) is 5.75 Å². The first-order valence-corrected chi connectivity index (χ1v) is 13.7. The average Bonchev–Trinajstić information content (AvgIpc) is 2.81. The van der Waals surface area contributed by atoms with Crippen molar-refractivity contribution >= 4 is 27.5 Å².